The second-order valence-electron chi connectivity index (χ2n) is 11.2. The van der Waals surface area contributed by atoms with Crippen LogP contribution in [0.5, 0.6) is 11.5 Å². The fraction of sp³-hybridized carbons (Fsp3) is 0.303. The van der Waals surface area contributed by atoms with Crippen molar-refractivity contribution in [2.75, 3.05) is 29.3 Å². The van der Waals surface area contributed by atoms with E-state index in [1.807, 2.05) is 23.6 Å². The molecule has 11 nitrogen and oxygen atoms in total. The van der Waals surface area contributed by atoms with E-state index in [0.717, 1.165) is 19.3 Å². The molecule has 3 amide bonds. The van der Waals surface area contributed by atoms with E-state index < -0.39 is 6.03 Å². The van der Waals surface area contributed by atoms with Gasteiger partial charge in [-0.25, -0.2) is 14.8 Å². The summed E-state index contributed by atoms with van der Waals surface area (Å²) >= 11 is 14.9. The van der Waals surface area contributed by atoms with Crippen LogP contribution in [0.2, 0.25) is 10.0 Å². The molecule has 0 bridgehead atoms. The minimum Gasteiger partial charge on any atom is -0.495 e. The molecule has 0 radical (unpaired) electrons. The maximum atomic E-state index is 14.3. The van der Waals surface area contributed by atoms with Gasteiger partial charge in [-0.15, -0.1) is 11.3 Å². The highest BCUT2D eigenvalue weighted by Gasteiger charge is 2.38. The van der Waals surface area contributed by atoms with E-state index in [1.165, 1.54) is 47.0 Å². The van der Waals surface area contributed by atoms with Crippen molar-refractivity contribution in [2.24, 2.45) is 0 Å². The predicted octanol–water partition coefficient (Wildman–Crippen LogP) is 6.82. The molecule has 6 rings (SSSR count). The highest BCUT2D eigenvalue weighted by molar-refractivity contribution is 7.09. The number of anilines is 3. The highest BCUT2D eigenvalue weighted by atomic mass is 35.5. The normalized spacial score (nSPS) is 19.1. The number of amides is 3. The van der Waals surface area contributed by atoms with Crippen molar-refractivity contribution in [3.05, 3.63) is 93.0 Å². The molecular weight excluding hydrogens is 661 g/mol. The van der Waals surface area contributed by atoms with Gasteiger partial charge in [0.25, 0.3) is 0 Å². The number of nitrogens with zero attached hydrogens (tertiary/aromatic N) is 5. The molecule has 0 spiro atoms. The van der Waals surface area contributed by atoms with E-state index in [0.29, 0.717) is 33.8 Å². The molecule has 14 heteroatoms. The van der Waals surface area contributed by atoms with Crippen molar-refractivity contribution >= 4 is 63.9 Å². The average molecular weight is 695 g/mol. The van der Waals surface area contributed by atoms with Crippen LogP contribution in [0, 0.1) is 0 Å². The number of aromatic nitrogens is 3. The van der Waals surface area contributed by atoms with Crippen molar-refractivity contribution in [3.8, 4) is 11.5 Å². The van der Waals surface area contributed by atoms with Crippen LogP contribution >= 0.6 is 34.5 Å². The summed E-state index contributed by atoms with van der Waals surface area (Å²) in [5.74, 6) is 1.44. The van der Waals surface area contributed by atoms with Gasteiger partial charge in [0.05, 0.1) is 33.0 Å². The zero-order chi connectivity index (χ0) is 33.1. The lowest BCUT2D eigenvalue weighted by Crippen LogP contribution is -2.50. The van der Waals surface area contributed by atoms with Crippen molar-refractivity contribution < 1.29 is 19.1 Å². The van der Waals surface area contributed by atoms with E-state index in [4.69, 9.17) is 37.7 Å². The Morgan fingerprint density at radius 3 is 2.51 bits per heavy atom. The Morgan fingerprint density at radius 2 is 1.85 bits per heavy atom. The monoisotopic (exact) mass is 693 g/mol. The lowest BCUT2D eigenvalue weighted by atomic mass is 9.78. The number of carbonyl (C=O) groups is 2. The number of methoxy groups -OCH3 is 2. The molecule has 1 fully saturated rings. The topological polar surface area (TPSA) is 122 Å². The van der Waals surface area contributed by atoms with Crippen LogP contribution in [0.4, 0.5) is 22.2 Å². The number of ether oxygens (including phenoxy) is 2. The standard InChI is InChI=1S/C33H33Cl2N7O4S/c1-4-26(43)38-22-11-10-20(19-8-6-5-7-9-19)14-23(22)39-32-37-16-21-17-41(30-28(34)24(45-2)15-25(46-3)29(30)35)33(44)42(31(21)40-32)18-27-36-12-13-47-27/h4-9,12-13,15-16,20,22-23H,1,10-11,14,17-18H2,2-3H3,(H,38,43)(H,37,39,40)/t20?,22-,23+/m1/s1. The molecule has 244 valence electrons. The van der Waals surface area contributed by atoms with Gasteiger partial charge in [0, 0.05) is 41.5 Å². The summed E-state index contributed by atoms with van der Waals surface area (Å²) in [6.07, 6.45) is 7.08. The van der Waals surface area contributed by atoms with E-state index >= 15 is 0 Å². The summed E-state index contributed by atoms with van der Waals surface area (Å²) in [4.78, 5) is 43.6. The van der Waals surface area contributed by atoms with Gasteiger partial charge in [-0.2, -0.15) is 4.98 Å². The average Bonchev–Trinajstić information content (AvgIpc) is 3.61. The molecule has 3 heterocycles. The molecular formula is C33H33Cl2N7O4S. The minimum atomic E-state index is -0.408. The smallest absolute Gasteiger partial charge is 0.330 e. The highest BCUT2D eigenvalue weighted by Crippen LogP contribution is 2.48. The van der Waals surface area contributed by atoms with Crippen LogP contribution in [-0.4, -0.2) is 53.2 Å². The molecule has 1 aliphatic carbocycles. The number of hydrogen-bond acceptors (Lipinski definition) is 9. The summed E-state index contributed by atoms with van der Waals surface area (Å²) < 4.78 is 10.9. The minimum absolute atomic E-state index is 0.0934. The maximum Gasteiger partial charge on any atom is 0.330 e. The summed E-state index contributed by atoms with van der Waals surface area (Å²) in [5, 5.41) is 9.45. The van der Waals surface area contributed by atoms with Crippen LogP contribution in [0.25, 0.3) is 0 Å². The summed E-state index contributed by atoms with van der Waals surface area (Å²) in [6.45, 7) is 3.87. The number of halogens is 2. The molecule has 1 unspecified atom stereocenters. The van der Waals surface area contributed by atoms with Gasteiger partial charge >= 0.3 is 6.03 Å². The Hall–Kier alpha value is -4.39. The number of rotatable bonds is 10. The van der Waals surface area contributed by atoms with Gasteiger partial charge in [0.1, 0.15) is 32.4 Å². The Labute approximate surface area is 286 Å². The van der Waals surface area contributed by atoms with Crippen molar-refractivity contribution in [2.45, 2.75) is 50.4 Å². The number of urea groups is 1. The molecule has 2 aliphatic rings. The Balaban J connectivity index is 1.36. The third kappa shape index (κ3) is 6.71. The number of benzene rings is 2. The molecule has 47 heavy (non-hydrogen) atoms. The zero-order valence-electron chi connectivity index (χ0n) is 25.8. The van der Waals surface area contributed by atoms with Gasteiger partial charge in [0.2, 0.25) is 11.9 Å². The van der Waals surface area contributed by atoms with Crippen molar-refractivity contribution in [1.82, 2.24) is 20.3 Å². The van der Waals surface area contributed by atoms with Crippen LogP contribution in [0.15, 0.2) is 66.8 Å². The van der Waals surface area contributed by atoms with Crippen molar-refractivity contribution in [1.29, 1.82) is 0 Å². The van der Waals surface area contributed by atoms with E-state index in [9.17, 15) is 9.59 Å². The first-order valence-corrected chi connectivity index (χ1v) is 16.6. The molecule has 3 atom stereocenters. The van der Waals surface area contributed by atoms with Gasteiger partial charge in [-0.1, -0.05) is 60.1 Å². The molecule has 2 N–H and O–H groups in total. The molecule has 1 saturated carbocycles. The molecule has 0 saturated heterocycles. The maximum absolute atomic E-state index is 14.3. The fourth-order valence-electron chi connectivity index (χ4n) is 6.12. The fourth-order valence-corrected chi connectivity index (χ4v) is 7.43. The first kappa shape index (κ1) is 32.5. The summed E-state index contributed by atoms with van der Waals surface area (Å²) in [7, 11) is 2.95. The summed E-state index contributed by atoms with van der Waals surface area (Å²) in [5.41, 5.74) is 2.16. The Morgan fingerprint density at radius 1 is 1.11 bits per heavy atom. The van der Waals surface area contributed by atoms with Crippen molar-refractivity contribution in [3.63, 3.8) is 0 Å². The number of hydrogen-bond donors (Lipinski definition) is 2. The van der Waals surface area contributed by atoms with E-state index in [-0.39, 0.29) is 52.7 Å². The largest absolute Gasteiger partial charge is 0.495 e. The molecule has 2 aromatic carbocycles. The van der Waals surface area contributed by atoms with Crippen LogP contribution in [-0.2, 0) is 17.9 Å². The number of thiazole rings is 1. The third-order valence-electron chi connectivity index (χ3n) is 8.43. The van der Waals surface area contributed by atoms with E-state index in [1.54, 1.807) is 18.5 Å². The second-order valence-corrected chi connectivity index (χ2v) is 12.9. The van der Waals surface area contributed by atoms with Crippen LogP contribution in [0.1, 0.15) is 41.3 Å². The number of nitrogens with one attached hydrogen (secondary N) is 2. The SMILES string of the molecule is C=CC(=O)N[C@@H]1CCC(c2ccccc2)C[C@@H]1Nc1ncc2c(n1)N(Cc1nccs1)C(=O)N(c1c(Cl)c(OC)cc(OC)c1Cl)C2. The van der Waals surface area contributed by atoms with Gasteiger partial charge in [-0.05, 0) is 36.8 Å². The summed E-state index contributed by atoms with van der Waals surface area (Å²) in [6, 6.07) is 11.1. The number of fused-ring (bicyclic) bond motifs is 1. The van der Waals surface area contributed by atoms with Gasteiger partial charge in [-0.3, -0.25) is 14.6 Å². The molecule has 1 aliphatic heterocycles. The zero-order valence-corrected chi connectivity index (χ0v) is 28.1. The lowest BCUT2D eigenvalue weighted by molar-refractivity contribution is -0.117. The first-order chi connectivity index (χ1) is 22.8. The Kier molecular flexibility index (Phi) is 9.81. The van der Waals surface area contributed by atoms with Crippen LogP contribution < -0.4 is 29.9 Å². The Bertz CT molecular complexity index is 1750. The van der Waals surface area contributed by atoms with Gasteiger partial charge in [0.15, 0.2) is 0 Å². The van der Waals surface area contributed by atoms with Gasteiger partial charge < -0.3 is 20.1 Å². The lowest BCUT2D eigenvalue weighted by Gasteiger charge is -2.38. The quantitative estimate of drug-likeness (QED) is 0.174. The molecule has 4 aromatic rings. The second kappa shape index (κ2) is 14.2. The third-order valence-corrected chi connectivity index (χ3v) is 9.93. The first-order valence-electron chi connectivity index (χ1n) is 15.0. The predicted molar refractivity (Wildman–Crippen MR) is 184 cm³/mol. The van der Waals surface area contributed by atoms with E-state index in [2.05, 4.69) is 39.3 Å². The molecule has 2 aromatic heterocycles. The number of carbonyl (C=O) groups excluding carboxylic acids is 2. The van der Waals surface area contributed by atoms with Crippen LogP contribution in [0.3, 0.4) is 0 Å².